The number of halogens is 3. The summed E-state index contributed by atoms with van der Waals surface area (Å²) < 4.78 is 73.0. The van der Waals surface area contributed by atoms with E-state index in [1.165, 1.54) is 52.8 Å². The molecule has 1 amide bonds. The molecule has 0 saturated carbocycles. The molecule has 7 nitrogen and oxygen atoms in total. The van der Waals surface area contributed by atoms with Crippen LogP contribution in [-0.4, -0.2) is 49.8 Å². The number of amides is 1. The molecule has 1 aliphatic rings. The summed E-state index contributed by atoms with van der Waals surface area (Å²) in [6.07, 6.45) is 0.405. The first-order chi connectivity index (χ1) is 21.6. The largest absolute Gasteiger partial charge is 0.373 e. The number of nitrogens with zero attached hydrogens (tertiary/aromatic N) is 1. The number of carbonyl (C=O) groups is 1. The van der Waals surface area contributed by atoms with E-state index in [2.05, 4.69) is 10.6 Å². The number of hydrogen-bond donors (Lipinski definition) is 3. The maximum atomic E-state index is 15.5. The van der Waals surface area contributed by atoms with Crippen LogP contribution in [0.1, 0.15) is 36.0 Å². The summed E-state index contributed by atoms with van der Waals surface area (Å²) in [5.74, 6) is -3.37. The van der Waals surface area contributed by atoms with Crippen LogP contribution in [0.3, 0.4) is 0 Å². The van der Waals surface area contributed by atoms with Crippen molar-refractivity contribution in [1.82, 2.24) is 9.62 Å². The fourth-order valence-corrected chi connectivity index (χ4v) is 7.96. The second kappa shape index (κ2) is 13.8. The third kappa shape index (κ3) is 7.22. The van der Waals surface area contributed by atoms with Crippen molar-refractivity contribution in [3.63, 3.8) is 0 Å². The van der Waals surface area contributed by atoms with Gasteiger partial charge in [0, 0.05) is 42.3 Å². The predicted octanol–water partition coefficient (Wildman–Crippen LogP) is 5.19. The van der Waals surface area contributed by atoms with Crippen molar-refractivity contribution < 1.29 is 26.4 Å². The molecule has 0 aromatic heterocycles. The second-order valence-electron chi connectivity index (χ2n) is 11.2. The average molecular weight is 637 g/mol. The zero-order valence-corrected chi connectivity index (χ0v) is 25.5. The molecule has 1 saturated heterocycles. The van der Waals surface area contributed by atoms with Gasteiger partial charge in [-0.2, -0.15) is 4.31 Å². The van der Waals surface area contributed by atoms with E-state index in [0.717, 1.165) is 0 Å². The Bertz CT molecular complexity index is 1710. The van der Waals surface area contributed by atoms with Crippen LogP contribution in [0.2, 0.25) is 0 Å². The van der Waals surface area contributed by atoms with E-state index in [-0.39, 0.29) is 35.0 Å². The van der Waals surface area contributed by atoms with Gasteiger partial charge in [0.05, 0.1) is 4.90 Å². The standard InChI is InChI=1S/C34H35F3N4O3S/c1-22-20-39-21-27(41(22)45(43,44)28-12-3-2-4-13-28)16-17-29-30(37)14-7-15-31(29)40-33(34(38)42)32(23-8-5-10-25(35)18-23)24-9-6-11-26(36)19-24/h2-15,18-19,22,27,32-33,39-40H,16-17,20-21H2,1H3,(H2,38,42)/t22-,27+,33+/m1/s1. The first-order valence-corrected chi connectivity index (χ1v) is 16.1. The molecular formula is C34H35F3N4O3S. The van der Waals surface area contributed by atoms with E-state index >= 15 is 4.39 Å². The fourth-order valence-electron chi connectivity index (χ4n) is 6.10. The van der Waals surface area contributed by atoms with Gasteiger partial charge < -0.3 is 16.4 Å². The predicted molar refractivity (Wildman–Crippen MR) is 168 cm³/mol. The molecule has 0 aliphatic carbocycles. The molecule has 4 N–H and O–H groups in total. The maximum Gasteiger partial charge on any atom is 0.243 e. The van der Waals surface area contributed by atoms with Crippen LogP contribution in [0.25, 0.3) is 0 Å². The fraction of sp³-hybridized carbons (Fsp3) is 0.265. The molecule has 4 aromatic carbocycles. The summed E-state index contributed by atoms with van der Waals surface area (Å²) in [5, 5.41) is 6.35. The number of anilines is 1. The summed E-state index contributed by atoms with van der Waals surface area (Å²) in [4.78, 5) is 13.2. The first kappa shape index (κ1) is 32.2. The van der Waals surface area contributed by atoms with Gasteiger partial charge in [0.1, 0.15) is 23.5 Å². The van der Waals surface area contributed by atoms with Crippen molar-refractivity contribution in [1.29, 1.82) is 0 Å². The summed E-state index contributed by atoms with van der Waals surface area (Å²) in [6, 6.07) is 21.7. The number of carbonyl (C=O) groups excluding carboxylic acids is 1. The number of rotatable bonds is 11. The lowest BCUT2D eigenvalue weighted by Crippen LogP contribution is -2.58. The molecule has 0 unspecified atom stereocenters. The van der Waals surface area contributed by atoms with Crippen molar-refractivity contribution in [2.75, 3.05) is 18.4 Å². The Hall–Kier alpha value is -4.19. The van der Waals surface area contributed by atoms with Crippen molar-refractivity contribution in [2.45, 2.75) is 48.7 Å². The van der Waals surface area contributed by atoms with Crippen LogP contribution in [-0.2, 0) is 21.2 Å². The molecule has 0 bridgehead atoms. The average Bonchev–Trinajstić information content (AvgIpc) is 3.01. The van der Waals surface area contributed by atoms with E-state index in [1.807, 2.05) is 6.92 Å². The van der Waals surface area contributed by atoms with Crippen LogP contribution >= 0.6 is 0 Å². The third-order valence-corrected chi connectivity index (χ3v) is 10.2. The highest BCUT2D eigenvalue weighted by atomic mass is 32.2. The first-order valence-electron chi connectivity index (χ1n) is 14.7. The van der Waals surface area contributed by atoms with Crippen LogP contribution in [0, 0.1) is 17.5 Å². The summed E-state index contributed by atoms with van der Waals surface area (Å²) in [5.41, 5.74) is 7.14. The van der Waals surface area contributed by atoms with E-state index in [9.17, 15) is 22.0 Å². The van der Waals surface area contributed by atoms with E-state index in [4.69, 9.17) is 5.73 Å². The van der Waals surface area contributed by atoms with Gasteiger partial charge in [0.2, 0.25) is 15.9 Å². The minimum Gasteiger partial charge on any atom is -0.373 e. The van der Waals surface area contributed by atoms with Gasteiger partial charge in [-0.3, -0.25) is 4.79 Å². The minimum absolute atomic E-state index is 0.130. The lowest BCUT2D eigenvalue weighted by Gasteiger charge is -2.40. The van der Waals surface area contributed by atoms with Crippen LogP contribution in [0.4, 0.5) is 18.9 Å². The van der Waals surface area contributed by atoms with Crippen LogP contribution in [0.15, 0.2) is 102 Å². The Morgan fingerprint density at radius 1 is 0.911 bits per heavy atom. The Morgan fingerprint density at radius 3 is 2.13 bits per heavy atom. The topological polar surface area (TPSA) is 105 Å². The van der Waals surface area contributed by atoms with Gasteiger partial charge in [0.15, 0.2) is 0 Å². The van der Waals surface area contributed by atoms with Gasteiger partial charge in [0.25, 0.3) is 0 Å². The third-order valence-electron chi connectivity index (χ3n) is 8.15. The minimum atomic E-state index is -3.83. The van der Waals surface area contributed by atoms with E-state index in [1.54, 1.807) is 48.5 Å². The Kier molecular flexibility index (Phi) is 9.91. The zero-order valence-electron chi connectivity index (χ0n) is 24.7. The maximum absolute atomic E-state index is 15.5. The van der Waals surface area contributed by atoms with Gasteiger partial charge in [-0.25, -0.2) is 21.6 Å². The zero-order chi connectivity index (χ0) is 32.1. The molecule has 0 radical (unpaired) electrons. The highest BCUT2D eigenvalue weighted by molar-refractivity contribution is 7.89. The van der Waals surface area contributed by atoms with Gasteiger partial charge in [-0.1, -0.05) is 48.5 Å². The van der Waals surface area contributed by atoms with Crippen molar-refractivity contribution >= 4 is 21.6 Å². The normalized spacial score (nSPS) is 18.1. The molecule has 5 rings (SSSR count). The molecule has 3 atom stereocenters. The number of nitrogens with two attached hydrogens (primary N) is 1. The van der Waals surface area contributed by atoms with Crippen LogP contribution < -0.4 is 16.4 Å². The SMILES string of the molecule is C[C@@H]1CNC[C@H](CCc2c(F)cccc2N[C@H](C(N)=O)C(c2cccc(F)c2)c2cccc(F)c2)N1S(=O)(=O)c1ccccc1. The van der Waals surface area contributed by atoms with E-state index in [0.29, 0.717) is 24.2 Å². The number of hydrogen-bond acceptors (Lipinski definition) is 5. The Morgan fingerprint density at radius 2 is 1.53 bits per heavy atom. The molecule has 236 valence electrons. The van der Waals surface area contributed by atoms with E-state index < -0.39 is 51.4 Å². The number of sulfonamides is 1. The monoisotopic (exact) mass is 636 g/mol. The van der Waals surface area contributed by atoms with Gasteiger partial charge in [-0.15, -0.1) is 0 Å². The van der Waals surface area contributed by atoms with Gasteiger partial charge in [-0.05, 0) is 79.4 Å². The highest BCUT2D eigenvalue weighted by Gasteiger charge is 2.38. The molecule has 0 spiro atoms. The quantitative estimate of drug-likeness (QED) is 0.210. The second-order valence-corrected chi connectivity index (χ2v) is 13.1. The van der Waals surface area contributed by atoms with Crippen molar-refractivity contribution in [3.05, 3.63) is 131 Å². The van der Waals surface area contributed by atoms with Gasteiger partial charge >= 0.3 is 0 Å². The number of benzene rings is 4. The number of nitrogens with one attached hydrogen (secondary N) is 2. The highest BCUT2D eigenvalue weighted by Crippen LogP contribution is 2.33. The number of primary amides is 1. The Labute approximate surface area is 261 Å². The summed E-state index contributed by atoms with van der Waals surface area (Å²) >= 11 is 0. The lowest BCUT2D eigenvalue weighted by atomic mass is 9.84. The smallest absolute Gasteiger partial charge is 0.243 e. The number of piperazine rings is 1. The molecule has 1 aliphatic heterocycles. The van der Waals surface area contributed by atoms with Crippen molar-refractivity contribution in [3.8, 4) is 0 Å². The molecule has 4 aromatic rings. The summed E-state index contributed by atoms with van der Waals surface area (Å²) in [7, 11) is -3.83. The van der Waals surface area contributed by atoms with Crippen LogP contribution in [0.5, 0.6) is 0 Å². The summed E-state index contributed by atoms with van der Waals surface area (Å²) in [6.45, 7) is 2.67. The molecular weight excluding hydrogens is 601 g/mol. The molecule has 1 heterocycles. The molecule has 1 fully saturated rings. The van der Waals surface area contributed by atoms with Crippen molar-refractivity contribution in [2.24, 2.45) is 5.73 Å². The molecule has 45 heavy (non-hydrogen) atoms. The molecule has 11 heteroatoms. The lowest BCUT2D eigenvalue weighted by molar-refractivity contribution is -0.119. The Balaban J connectivity index is 1.47.